The van der Waals surface area contributed by atoms with Crippen molar-refractivity contribution in [2.45, 2.75) is 25.3 Å². The minimum atomic E-state index is -0.0827. The standard InChI is InChI=1S/C9H19N3O/c1-10-9(13)11-6-5-8-4-3-7-12(8)2/h8H,3-7H2,1-2H3,(H2,10,11,13). The van der Waals surface area contributed by atoms with Crippen molar-refractivity contribution >= 4 is 6.03 Å². The molecule has 0 spiro atoms. The summed E-state index contributed by atoms with van der Waals surface area (Å²) in [5.41, 5.74) is 0. The molecule has 0 saturated carbocycles. The Kier molecular flexibility index (Phi) is 4.02. The molecule has 0 radical (unpaired) electrons. The Bertz CT molecular complexity index is 172. The van der Waals surface area contributed by atoms with Crippen molar-refractivity contribution in [1.29, 1.82) is 0 Å². The van der Waals surface area contributed by atoms with Crippen LogP contribution in [-0.4, -0.2) is 44.2 Å². The molecule has 76 valence electrons. The zero-order valence-corrected chi connectivity index (χ0v) is 8.47. The number of nitrogens with one attached hydrogen (secondary N) is 2. The second-order valence-electron chi connectivity index (χ2n) is 3.57. The van der Waals surface area contributed by atoms with Gasteiger partial charge in [0.2, 0.25) is 0 Å². The molecule has 1 aliphatic rings. The van der Waals surface area contributed by atoms with Gasteiger partial charge >= 0.3 is 6.03 Å². The number of rotatable bonds is 3. The van der Waals surface area contributed by atoms with Gasteiger partial charge in [0.05, 0.1) is 0 Å². The monoisotopic (exact) mass is 185 g/mol. The topological polar surface area (TPSA) is 44.4 Å². The predicted octanol–water partition coefficient (Wildman–Crippen LogP) is 0.400. The zero-order valence-electron chi connectivity index (χ0n) is 8.47. The molecule has 1 atom stereocenters. The van der Waals surface area contributed by atoms with Gasteiger partial charge in [-0.05, 0) is 32.9 Å². The Balaban J connectivity index is 2.08. The van der Waals surface area contributed by atoms with E-state index in [9.17, 15) is 4.79 Å². The number of likely N-dealkylation sites (tertiary alicyclic amines) is 1. The van der Waals surface area contributed by atoms with Crippen molar-refractivity contribution in [2.75, 3.05) is 27.2 Å². The molecule has 1 fully saturated rings. The van der Waals surface area contributed by atoms with Gasteiger partial charge in [-0.15, -0.1) is 0 Å². The van der Waals surface area contributed by atoms with Crippen LogP contribution in [0, 0.1) is 0 Å². The van der Waals surface area contributed by atoms with Crippen molar-refractivity contribution in [2.24, 2.45) is 0 Å². The van der Waals surface area contributed by atoms with Crippen molar-refractivity contribution in [1.82, 2.24) is 15.5 Å². The van der Waals surface area contributed by atoms with Crippen LogP contribution in [-0.2, 0) is 0 Å². The molecular weight excluding hydrogens is 166 g/mol. The van der Waals surface area contributed by atoms with Gasteiger partial charge in [-0.3, -0.25) is 0 Å². The molecule has 2 amide bonds. The molecule has 0 aromatic heterocycles. The maximum atomic E-state index is 10.8. The molecule has 2 N–H and O–H groups in total. The van der Waals surface area contributed by atoms with E-state index in [1.807, 2.05) is 0 Å². The van der Waals surface area contributed by atoms with E-state index in [0.717, 1.165) is 13.0 Å². The number of carbonyl (C=O) groups excluding carboxylic acids is 1. The van der Waals surface area contributed by atoms with Crippen LogP contribution in [0.3, 0.4) is 0 Å². The third-order valence-corrected chi connectivity index (χ3v) is 2.66. The fraction of sp³-hybridized carbons (Fsp3) is 0.889. The van der Waals surface area contributed by atoms with E-state index in [4.69, 9.17) is 0 Å². The van der Waals surface area contributed by atoms with E-state index < -0.39 is 0 Å². The Morgan fingerprint density at radius 3 is 2.92 bits per heavy atom. The lowest BCUT2D eigenvalue weighted by atomic mass is 10.1. The zero-order chi connectivity index (χ0) is 9.68. The van der Waals surface area contributed by atoms with E-state index in [2.05, 4.69) is 22.6 Å². The average Bonchev–Trinajstić information content (AvgIpc) is 2.52. The lowest BCUT2D eigenvalue weighted by Gasteiger charge is -2.19. The molecule has 0 aromatic rings. The smallest absolute Gasteiger partial charge is 0.314 e. The molecule has 1 rings (SSSR count). The molecule has 13 heavy (non-hydrogen) atoms. The summed E-state index contributed by atoms with van der Waals surface area (Å²) in [5.74, 6) is 0. The normalized spacial score (nSPS) is 23.1. The molecule has 4 nitrogen and oxygen atoms in total. The summed E-state index contributed by atoms with van der Waals surface area (Å²) in [6.07, 6.45) is 3.62. The highest BCUT2D eigenvalue weighted by Crippen LogP contribution is 2.16. The molecule has 4 heteroatoms. The van der Waals surface area contributed by atoms with Crippen LogP contribution in [0.15, 0.2) is 0 Å². The van der Waals surface area contributed by atoms with Gasteiger partial charge in [-0.2, -0.15) is 0 Å². The molecule has 1 unspecified atom stereocenters. The summed E-state index contributed by atoms with van der Waals surface area (Å²) in [6.45, 7) is 1.97. The Morgan fingerprint density at radius 1 is 1.62 bits per heavy atom. The van der Waals surface area contributed by atoms with Gasteiger partial charge in [-0.25, -0.2) is 4.79 Å². The minimum Gasteiger partial charge on any atom is -0.341 e. The number of hydrogen-bond donors (Lipinski definition) is 2. The largest absolute Gasteiger partial charge is 0.341 e. The van der Waals surface area contributed by atoms with Gasteiger partial charge in [-0.1, -0.05) is 0 Å². The van der Waals surface area contributed by atoms with Crippen molar-refractivity contribution in [3.63, 3.8) is 0 Å². The summed E-state index contributed by atoms with van der Waals surface area (Å²) in [4.78, 5) is 13.2. The molecule has 0 aromatic carbocycles. The highest BCUT2D eigenvalue weighted by molar-refractivity contribution is 5.73. The average molecular weight is 185 g/mol. The van der Waals surface area contributed by atoms with E-state index in [1.54, 1.807) is 7.05 Å². The summed E-state index contributed by atoms with van der Waals surface area (Å²) in [7, 11) is 3.79. The maximum absolute atomic E-state index is 10.8. The van der Waals surface area contributed by atoms with Gasteiger partial charge < -0.3 is 15.5 Å². The summed E-state index contributed by atoms with van der Waals surface area (Å²) < 4.78 is 0. The van der Waals surface area contributed by atoms with Crippen molar-refractivity contribution in [3.8, 4) is 0 Å². The minimum absolute atomic E-state index is 0.0827. The lowest BCUT2D eigenvalue weighted by molar-refractivity contribution is 0.240. The number of carbonyl (C=O) groups is 1. The first-order valence-corrected chi connectivity index (χ1v) is 4.90. The fourth-order valence-corrected chi connectivity index (χ4v) is 1.78. The molecule has 1 heterocycles. The third-order valence-electron chi connectivity index (χ3n) is 2.66. The van der Waals surface area contributed by atoms with Crippen molar-refractivity contribution < 1.29 is 4.79 Å². The second kappa shape index (κ2) is 5.07. The highest BCUT2D eigenvalue weighted by Gasteiger charge is 2.19. The van der Waals surface area contributed by atoms with E-state index in [1.165, 1.54) is 19.4 Å². The Labute approximate surface area is 79.7 Å². The third kappa shape index (κ3) is 3.22. The van der Waals surface area contributed by atoms with Gasteiger partial charge in [0.25, 0.3) is 0 Å². The van der Waals surface area contributed by atoms with E-state index in [-0.39, 0.29) is 6.03 Å². The van der Waals surface area contributed by atoms with Crippen LogP contribution in [0.1, 0.15) is 19.3 Å². The number of nitrogens with zero attached hydrogens (tertiary/aromatic N) is 1. The maximum Gasteiger partial charge on any atom is 0.314 e. The molecule has 0 bridgehead atoms. The van der Waals surface area contributed by atoms with E-state index >= 15 is 0 Å². The molecule has 0 aliphatic carbocycles. The Hall–Kier alpha value is -0.770. The van der Waals surface area contributed by atoms with E-state index in [0.29, 0.717) is 6.04 Å². The molecule has 1 saturated heterocycles. The number of amides is 2. The number of urea groups is 1. The number of hydrogen-bond acceptors (Lipinski definition) is 2. The predicted molar refractivity (Wildman–Crippen MR) is 52.7 cm³/mol. The highest BCUT2D eigenvalue weighted by atomic mass is 16.2. The summed E-state index contributed by atoms with van der Waals surface area (Å²) in [6, 6.07) is 0.581. The van der Waals surface area contributed by atoms with Crippen LogP contribution in [0.5, 0.6) is 0 Å². The fourth-order valence-electron chi connectivity index (χ4n) is 1.78. The summed E-state index contributed by atoms with van der Waals surface area (Å²) in [5, 5.41) is 5.34. The van der Waals surface area contributed by atoms with Crippen LogP contribution in [0.4, 0.5) is 4.79 Å². The SMILES string of the molecule is CNC(=O)NCCC1CCCN1C. The van der Waals surface area contributed by atoms with Crippen LogP contribution in [0.2, 0.25) is 0 Å². The quantitative estimate of drug-likeness (QED) is 0.668. The van der Waals surface area contributed by atoms with Gasteiger partial charge in [0.15, 0.2) is 0 Å². The molecule has 1 aliphatic heterocycles. The van der Waals surface area contributed by atoms with Gasteiger partial charge in [0, 0.05) is 19.6 Å². The lowest BCUT2D eigenvalue weighted by Crippen LogP contribution is -2.36. The van der Waals surface area contributed by atoms with Crippen LogP contribution >= 0.6 is 0 Å². The second-order valence-corrected chi connectivity index (χ2v) is 3.57. The first-order valence-electron chi connectivity index (χ1n) is 4.90. The molecular formula is C9H19N3O. The first kappa shape index (κ1) is 10.3. The van der Waals surface area contributed by atoms with Crippen LogP contribution < -0.4 is 10.6 Å². The Morgan fingerprint density at radius 2 is 2.38 bits per heavy atom. The summed E-state index contributed by atoms with van der Waals surface area (Å²) >= 11 is 0. The first-order chi connectivity index (χ1) is 6.24. The van der Waals surface area contributed by atoms with Crippen LogP contribution in [0.25, 0.3) is 0 Å². The van der Waals surface area contributed by atoms with Crippen molar-refractivity contribution in [3.05, 3.63) is 0 Å². The van der Waals surface area contributed by atoms with Gasteiger partial charge in [0.1, 0.15) is 0 Å².